The second-order valence-electron chi connectivity index (χ2n) is 7.28. The summed E-state index contributed by atoms with van der Waals surface area (Å²) in [6.45, 7) is 3.65. The number of para-hydroxylation sites is 1. The Kier molecular flexibility index (Phi) is 6.22. The molecule has 4 rings (SSSR count). The van der Waals surface area contributed by atoms with Crippen LogP contribution in [0.4, 0.5) is 5.69 Å². The van der Waals surface area contributed by atoms with Gasteiger partial charge in [0, 0.05) is 22.7 Å². The lowest BCUT2D eigenvalue weighted by Gasteiger charge is -2.10. The van der Waals surface area contributed by atoms with Crippen molar-refractivity contribution in [1.29, 1.82) is 0 Å². The van der Waals surface area contributed by atoms with Gasteiger partial charge >= 0.3 is 5.63 Å². The van der Waals surface area contributed by atoms with E-state index in [9.17, 15) is 9.59 Å². The maximum Gasteiger partial charge on any atom is 0.339 e. The van der Waals surface area contributed by atoms with Gasteiger partial charge in [-0.3, -0.25) is 4.79 Å². The fourth-order valence-corrected chi connectivity index (χ4v) is 3.45. The number of hydrogen-bond acceptors (Lipinski definition) is 5. The van der Waals surface area contributed by atoms with Gasteiger partial charge in [0.15, 0.2) is 6.61 Å². The number of ether oxygens (including phenoxy) is 2. The first-order valence-electron chi connectivity index (χ1n) is 10.4. The highest BCUT2D eigenvalue weighted by molar-refractivity contribution is 5.92. The van der Waals surface area contributed by atoms with Crippen LogP contribution in [0.1, 0.15) is 18.1 Å². The van der Waals surface area contributed by atoms with Gasteiger partial charge in [0.25, 0.3) is 5.91 Å². The van der Waals surface area contributed by atoms with E-state index in [0.717, 1.165) is 16.7 Å². The van der Waals surface area contributed by atoms with Crippen molar-refractivity contribution in [1.82, 2.24) is 0 Å². The molecule has 0 saturated heterocycles. The van der Waals surface area contributed by atoms with Crippen molar-refractivity contribution in [2.24, 2.45) is 0 Å². The van der Waals surface area contributed by atoms with E-state index in [1.165, 1.54) is 0 Å². The second kappa shape index (κ2) is 9.39. The van der Waals surface area contributed by atoms with Gasteiger partial charge in [0.05, 0.1) is 0 Å². The molecule has 0 radical (unpaired) electrons. The van der Waals surface area contributed by atoms with E-state index in [-0.39, 0.29) is 18.1 Å². The average Bonchev–Trinajstić information content (AvgIpc) is 2.80. The zero-order valence-electron chi connectivity index (χ0n) is 17.9. The maximum atomic E-state index is 12.3. The van der Waals surface area contributed by atoms with E-state index >= 15 is 0 Å². The number of nitrogens with one attached hydrogen (secondary N) is 1. The van der Waals surface area contributed by atoms with Crippen LogP contribution < -0.4 is 20.4 Å². The van der Waals surface area contributed by atoms with E-state index in [2.05, 4.69) is 5.32 Å². The number of carbonyl (C=O) groups is 1. The molecule has 32 heavy (non-hydrogen) atoms. The molecule has 1 heterocycles. The summed E-state index contributed by atoms with van der Waals surface area (Å²) in [4.78, 5) is 24.4. The molecule has 6 heteroatoms. The molecule has 0 fully saturated rings. The third-order valence-electron chi connectivity index (χ3n) is 5.10. The standard InChI is InChI=1S/C26H23NO5/c1-3-22-17(2)23-14-13-21(15-24(23)32-26(22)29)30-16-25(28)27-18-9-11-20(12-10-18)31-19-7-5-4-6-8-19/h4-15H,3,16H2,1-2H3,(H,27,28). The van der Waals surface area contributed by atoms with Crippen LogP contribution >= 0.6 is 0 Å². The molecule has 6 nitrogen and oxygen atoms in total. The van der Waals surface area contributed by atoms with E-state index in [1.54, 1.807) is 36.4 Å². The third-order valence-corrected chi connectivity index (χ3v) is 5.10. The van der Waals surface area contributed by atoms with Crippen molar-refractivity contribution in [3.63, 3.8) is 0 Å². The highest BCUT2D eigenvalue weighted by Gasteiger charge is 2.11. The van der Waals surface area contributed by atoms with E-state index in [1.807, 2.05) is 50.2 Å². The Bertz CT molecular complexity index is 1290. The fraction of sp³-hybridized carbons (Fsp3) is 0.154. The number of fused-ring (bicyclic) bond motifs is 1. The summed E-state index contributed by atoms with van der Waals surface area (Å²) in [5.41, 5.74) is 2.31. The highest BCUT2D eigenvalue weighted by Crippen LogP contribution is 2.25. The highest BCUT2D eigenvalue weighted by atomic mass is 16.5. The Labute approximate surface area is 185 Å². The van der Waals surface area contributed by atoms with E-state index in [4.69, 9.17) is 13.9 Å². The van der Waals surface area contributed by atoms with Gasteiger partial charge in [-0.25, -0.2) is 4.79 Å². The quantitative estimate of drug-likeness (QED) is 0.394. The van der Waals surface area contributed by atoms with Crippen molar-refractivity contribution >= 4 is 22.6 Å². The molecule has 0 aliphatic heterocycles. The van der Waals surface area contributed by atoms with Crippen LogP contribution in [-0.2, 0) is 11.2 Å². The molecule has 3 aromatic carbocycles. The van der Waals surface area contributed by atoms with Gasteiger partial charge in [0.1, 0.15) is 22.8 Å². The summed E-state index contributed by atoms with van der Waals surface area (Å²) in [6.07, 6.45) is 0.613. The number of carbonyl (C=O) groups excluding carboxylic acids is 1. The summed E-state index contributed by atoms with van der Waals surface area (Å²) in [5, 5.41) is 3.64. The first-order chi connectivity index (χ1) is 15.5. The number of anilines is 1. The summed E-state index contributed by atoms with van der Waals surface area (Å²) in [6, 6.07) is 21.8. The summed E-state index contributed by atoms with van der Waals surface area (Å²) < 4.78 is 16.7. The molecular formula is C26H23NO5. The van der Waals surface area contributed by atoms with Crippen LogP contribution in [0, 0.1) is 6.92 Å². The average molecular weight is 429 g/mol. The predicted octanol–water partition coefficient (Wildman–Crippen LogP) is 5.47. The van der Waals surface area contributed by atoms with Gasteiger partial charge in [-0.1, -0.05) is 25.1 Å². The molecule has 0 atom stereocenters. The number of amides is 1. The number of benzene rings is 3. The smallest absolute Gasteiger partial charge is 0.339 e. The molecule has 1 aromatic heterocycles. The minimum absolute atomic E-state index is 0.177. The molecule has 0 spiro atoms. The first kappa shape index (κ1) is 21.2. The van der Waals surface area contributed by atoms with Gasteiger partial charge < -0.3 is 19.2 Å². The molecule has 0 aliphatic carbocycles. The van der Waals surface area contributed by atoms with E-state index in [0.29, 0.717) is 34.8 Å². The largest absolute Gasteiger partial charge is 0.484 e. The molecule has 4 aromatic rings. The molecule has 0 unspecified atom stereocenters. The number of rotatable bonds is 7. The van der Waals surface area contributed by atoms with Crippen LogP contribution in [0.15, 0.2) is 82.0 Å². The minimum Gasteiger partial charge on any atom is -0.484 e. The van der Waals surface area contributed by atoms with Crippen molar-refractivity contribution < 1.29 is 18.7 Å². The van der Waals surface area contributed by atoms with Crippen LogP contribution in [0.25, 0.3) is 11.0 Å². The normalized spacial score (nSPS) is 10.7. The van der Waals surface area contributed by atoms with Gasteiger partial charge in [-0.2, -0.15) is 0 Å². The zero-order chi connectivity index (χ0) is 22.5. The fourth-order valence-electron chi connectivity index (χ4n) is 3.45. The Morgan fingerprint density at radius 1 is 0.938 bits per heavy atom. The molecule has 0 aliphatic rings. The van der Waals surface area contributed by atoms with Crippen molar-refractivity contribution in [3.05, 3.63) is 94.3 Å². The summed E-state index contributed by atoms with van der Waals surface area (Å²) in [5.74, 6) is 1.56. The van der Waals surface area contributed by atoms with Crippen molar-refractivity contribution in [3.8, 4) is 17.2 Å². The van der Waals surface area contributed by atoms with Crippen molar-refractivity contribution in [2.75, 3.05) is 11.9 Å². The Balaban J connectivity index is 1.36. The Morgan fingerprint density at radius 3 is 2.34 bits per heavy atom. The van der Waals surface area contributed by atoms with Gasteiger partial charge in [-0.15, -0.1) is 0 Å². The third kappa shape index (κ3) is 4.81. The maximum absolute atomic E-state index is 12.3. The molecule has 1 N–H and O–H groups in total. The summed E-state index contributed by atoms with van der Waals surface area (Å²) in [7, 11) is 0. The lowest BCUT2D eigenvalue weighted by Crippen LogP contribution is -2.20. The monoisotopic (exact) mass is 429 g/mol. The minimum atomic E-state index is -0.341. The molecule has 0 bridgehead atoms. The van der Waals surface area contributed by atoms with Gasteiger partial charge in [0.2, 0.25) is 0 Å². The summed E-state index contributed by atoms with van der Waals surface area (Å²) >= 11 is 0. The zero-order valence-corrected chi connectivity index (χ0v) is 17.9. The SMILES string of the molecule is CCc1c(C)c2ccc(OCC(=O)Nc3ccc(Oc4ccccc4)cc3)cc2oc1=O. The second-order valence-corrected chi connectivity index (χ2v) is 7.28. The number of hydrogen-bond donors (Lipinski definition) is 1. The lowest BCUT2D eigenvalue weighted by molar-refractivity contribution is -0.118. The van der Waals surface area contributed by atoms with Gasteiger partial charge in [-0.05, 0) is 67.4 Å². The molecule has 0 saturated carbocycles. The molecule has 162 valence electrons. The molecule has 1 amide bonds. The Morgan fingerprint density at radius 2 is 1.62 bits per heavy atom. The van der Waals surface area contributed by atoms with Crippen LogP contribution in [0.5, 0.6) is 17.2 Å². The van der Waals surface area contributed by atoms with Crippen LogP contribution in [0.2, 0.25) is 0 Å². The topological polar surface area (TPSA) is 77.8 Å². The van der Waals surface area contributed by atoms with Crippen LogP contribution in [0.3, 0.4) is 0 Å². The Hall–Kier alpha value is -4.06. The first-order valence-corrected chi connectivity index (χ1v) is 10.4. The molecular weight excluding hydrogens is 406 g/mol. The lowest BCUT2D eigenvalue weighted by atomic mass is 10.0. The van der Waals surface area contributed by atoms with Crippen LogP contribution in [-0.4, -0.2) is 12.5 Å². The van der Waals surface area contributed by atoms with Crippen molar-refractivity contribution in [2.45, 2.75) is 20.3 Å². The predicted molar refractivity (Wildman–Crippen MR) is 124 cm³/mol. The van der Waals surface area contributed by atoms with E-state index < -0.39 is 0 Å². The number of aryl methyl sites for hydroxylation is 1.